The highest BCUT2D eigenvalue weighted by Gasteiger charge is 2.12. The van der Waals surface area contributed by atoms with Crippen LogP contribution < -0.4 is 9.47 Å². The van der Waals surface area contributed by atoms with Crippen molar-refractivity contribution in [2.75, 3.05) is 0 Å². The number of hydrogen-bond donors (Lipinski definition) is 0. The van der Waals surface area contributed by atoms with Crippen molar-refractivity contribution in [2.45, 2.75) is 45.3 Å². The second-order valence-electron chi connectivity index (χ2n) is 7.74. The first kappa shape index (κ1) is 20.1. The molecule has 3 aromatic rings. The van der Waals surface area contributed by atoms with Gasteiger partial charge in [-0.1, -0.05) is 86.0 Å². The minimum absolute atomic E-state index is 0.421. The van der Waals surface area contributed by atoms with E-state index in [1.165, 1.54) is 32.1 Å². The molecular weight excluding hydrogens is 372 g/mol. The SMILES string of the molecule is C(=C\C1CCCCC1)/c1cc(OCc2ccccc2)c(OCc2ccccc2)nn1. The molecule has 1 aliphatic rings. The number of aromatic nitrogens is 2. The third kappa shape index (κ3) is 5.93. The van der Waals surface area contributed by atoms with Gasteiger partial charge in [-0.2, -0.15) is 0 Å². The molecule has 0 bridgehead atoms. The molecule has 4 heteroatoms. The largest absolute Gasteiger partial charge is 0.483 e. The van der Waals surface area contributed by atoms with Crippen molar-refractivity contribution in [3.05, 3.63) is 89.6 Å². The van der Waals surface area contributed by atoms with Gasteiger partial charge in [-0.25, -0.2) is 0 Å². The Morgan fingerprint density at radius 3 is 2.07 bits per heavy atom. The Morgan fingerprint density at radius 1 is 0.767 bits per heavy atom. The topological polar surface area (TPSA) is 44.2 Å². The summed E-state index contributed by atoms with van der Waals surface area (Å²) in [5, 5.41) is 8.67. The van der Waals surface area contributed by atoms with Gasteiger partial charge in [-0.05, 0) is 36.0 Å². The van der Waals surface area contributed by atoms with E-state index in [1.54, 1.807) is 0 Å². The molecule has 0 N–H and O–H groups in total. The number of benzene rings is 2. The minimum Gasteiger partial charge on any atom is -0.483 e. The Morgan fingerprint density at radius 2 is 1.40 bits per heavy atom. The molecule has 2 aromatic carbocycles. The highest BCUT2D eigenvalue weighted by Crippen LogP contribution is 2.28. The summed E-state index contributed by atoms with van der Waals surface area (Å²) in [6.45, 7) is 0.883. The van der Waals surface area contributed by atoms with Crippen molar-refractivity contribution in [1.82, 2.24) is 10.2 Å². The van der Waals surface area contributed by atoms with Crippen LogP contribution in [0.5, 0.6) is 11.6 Å². The van der Waals surface area contributed by atoms with Gasteiger partial charge < -0.3 is 9.47 Å². The fourth-order valence-electron chi connectivity index (χ4n) is 3.68. The summed E-state index contributed by atoms with van der Waals surface area (Å²) in [6, 6.07) is 22.1. The zero-order chi connectivity index (χ0) is 20.4. The molecule has 0 radical (unpaired) electrons. The standard InChI is InChI=1S/C26H28N2O2/c1-4-10-21(11-5-1)16-17-24-18-25(29-19-22-12-6-2-7-13-22)26(28-27-24)30-20-23-14-8-3-9-15-23/h2-3,6-9,12-18,21H,1,4-5,10-11,19-20H2/b17-16+. The van der Waals surface area contributed by atoms with Gasteiger partial charge in [0.2, 0.25) is 0 Å². The summed E-state index contributed by atoms with van der Waals surface area (Å²) in [5.74, 6) is 1.68. The van der Waals surface area contributed by atoms with Gasteiger partial charge in [0.05, 0.1) is 5.69 Å². The summed E-state index contributed by atoms with van der Waals surface area (Å²) in [7, 11) is 0. The van der Waals surface area contributed by atoms with Crippen LogP contribution in [0.2, 0.25) is 0 Å². The third-order valence-corrected chi connectivity index (χ3v) is 5.39. The van der Waals surface area contributed by atoms with Crippen molar-refractivity contribution < 1.29 is 9.47 Å². The average Bonchev–Trinajstić information content (AvgIpc) is 2.82. The number of nitrogens with zero attached hydrogens (tertiary/aromatic N) is 2. The predicted octanol–water partition coefficient (Wildman–Crippen LogP) is 6.23. The Kier molecular flexibility index (Phi) is 7.11. The molecule has 1 aliphatic carbocycles. The average molecular weight is 401 g/mol. The Bertz CT molecular complexity index is 936. The third-order valence-electron chi connectivity index (χ3n) is 5.39. The summed E-state index contributed by atoms with van der Waals surface area (Å²) in [5.41, 5.74) is 2.98. The lowest BCUT2D eigenvalue weighted by molar-refractivity contribution is 0.244. The van der Waals surface area contributed by atoms with E-state index in [0.717, 1.165) is 16.8 Å². The van der Waals surface area contributed by atoms with E-state index >= 15 is 0 Å². The van der Waals surface area contributed by atoms with Crippen LogP contribution >= 0.6 is 0 Å². The highest BCUT2D eigenvalue weighted by atomic mass is 16.5. The monoisotopic (exact) mass is 400 g/mol. The van der Waals surface area contributed by atoms with Crippen LogP contribution in [0.1, 0.15) is 48.9 Å². The van der Waals surface area contributed by atoms with Gasteiger partial charge in [0.25, 0.3) is 5.88 Å². The van der Waals surface area contributed by atoms with Gasteiger partial charge in [-0.15, -0.1) is 10.2 Å². The highest BCUT2D eigenvalue weighted by molar-refractivity contribution is 5.49. The molecular formula is C26H28N2O2. The zero-order valence-corrected chi connectivity index (χ0v) is 17.2. The van der Waals surface area contributed by atoms with E-state index in [9.17, 15) is 0 Å². The van der Waals surface area contributed by atoms with E-state index in [4.69, 9.17) is 9.47 Å². The lowest BCUT2D eigenvalue weighted by Crippen LogP contribution is -2.05. The van der Waals surface area contributed by atoms with Crippen LogP contribution in [0.3, 0.4) is 0 Å². The Balaban J connectivity index is 1.49. The molecule has 0 saturated heterocycles. The van der Waals surface area contributed by atoms with E-state index in [-0.39, 0.29) is 0 Å². The molecule has 4 rings (SSSR count). The fraction of sp³-hybridized carbons (Fsp3) is 0.308. The Hall–Kier alpha value is -3.14. The van der Waals surface area contributed by atoms with E-state index in [2.05, 4.69) is 22.3 Å². The van der Waals surface area contributed by atoms with E-state index in [1.807, 2.05) is 66.7 Å². The first-order valence-corrected chi connectivity index (χ1v) is 10.8. The molecule has 4 nitrogen and oxygen atoms in total. The minimum atomic E-state index is 0.421. The number of hydrogen-bond acceptors (Lipinski definition) is 4. The van der Waals surface area contributed by atoms with Crippen LogP contribution in [0.25, 0.3) is 6.08 Å². The maximum Gasteiger partial charge on any atom is 0.276 e. The lowest BCUT2D eigenvalue weighted by Gasteiger charge is -2.17. The van der Waals surface area contributed by atoms with Crippen molar-refractivity contribution in [2.24, 2.45) is 5.92 Å². The Labute approximate surface area is 178 Å². The summed E-state index contributed by atoms with van der Waals surface area (Å²) in [4.78, 5) is 0. The first-order valence-electron chi connectivity index (χ1n) is 10.8. The van der Waals surface area contributed by atoms with Crippen LogP contribution in [0, 0.1) is 5.92 Å². The number of allylic oxidation sites excluding steroid dienone is 1. The van der Waals surface area contributed by atoms with Gasteiger partial charge in [0.1, 0.15) is 13.2 Å². The normalized spacial score (nSPS) is 14.7. The molecule has 1 saturated carbocycles. The lowest BCUT2D eigenvalue weighted by atomic mass is 9.89. The van der Waals surface area contributed by atoms with Gasteiger partial charge in [0, 0.05) is 6.07 Å². The van der Waals surface area contributed by atoms with E-state index in [0.29, 0.717) is 30.8 Å². The molecule has 0 amide bonds. The summed E-state index contributed by atoms with van der Waals surface area (Å²) < 4.78 is 12.0. The van der Waals surface area contributed by atoms with Crippen molar-refractivity contribution in [1.29, 1.82) is 0 Å². The van der Waals surface area contributed by atoms with Crippen LogP contribution in [-0.4, -0.2) is 10.2 Å². The molecule has 0 atom stereocenters. The molecule has 0 unspecified atom stereocenters. The zero-order valence-electron chi connectivity index (χ0n) is 17.2. The molecule has 1 heterocycles. The van der Waals surface area contributed by atoms with Gasteiger partial charge >= 0.3 is 0 Å². The van der Waals surface area contributed by atoms with Crippen molar-refractivity contribution >= 4 is 6.08 Å². The van der Waals surface area contributed by atoms with Crippen LogP contribution in [0.4, 0.5) is 0 Å². The molecule has 1 fully saturated rings. The quantitative estimate of drug-likeness (QED) is 0.450. The molecule has 154 valence electrons. The van der Waals surface area contributed by atoms with Crippen molar-refractivity contribution in [3.8, 4) is 11.6 Å². The second-order valence-corrected chi connectivity index (χ2v) is 7.74. The number of rotatable bonds is 8. The molecule has 0 aliphatic heterocycles. The van der Waals surface area contributed by atoms with Crippen LogP contribution in [-0.2, 0) is 13.2 Å². The fourth-order valence-corrected chi connectivity index (χ4v) is 3.68. The summed E-state index contributed by atoms with van der Waals surface area (Å²) in [6.07, 6.45) is 10.9. The van der Waals surface area contributed by atoms with Crippen LogP contribution in [0.15, 0.2) is 72.8 Å². The predicted molar refractivity (Wildman–Crippen MR) is 119 cm³/mol. The van der Waals surface area contributed by atoms with Gasteiger partial charge in [-0.3, -0.25) is 0 Å². The first-order chi connectivity index (χ1) is 14.9. The molecule has 1 aromatic heterocycles. The van der Waals surface area contributed by atoms with E-state index < -0.39 is 0 Å². The molecule has 30 heavy (non-hydrogen) atoms. The van der Waals surface area contributed by atoms with Crippen molar-refractivity contribution in [3.63, 3.8) is 0 Å². The smallest absolute Gasteiger partial charge is 0.276 e. The summed E-state index contributed by atoms with van der Waals surface area (Å²) >= 11 is 0. The number of ether oxygens (including phenoxy) is 2. The maximum atomic E-state index is 6.08. The maximum absolute atomic E-state index is 6.08. The van der Waals surface area contributed by atoms with Gasteiger partial charge in [0.15, 0.2) is 5.75 Å². The molecule has 0 spiro atoms. The second kappa shape index (κ2) is 10.6.